The molecule has 1 unspecified atom stereocenters. The molecule has 2 fully saturated rings. The molecule has 1 aromatic carbocycles. The van der Waals surface area contributed by atoms with E-state index in [1.165, 1.54) is 18.4 Å². The van der Waals surface area contributed by atoms with Crippen molar-refractivity contribution in [1.29, 1.82) is 0 Å². The third-order valence-corrected chi connectivity index (χ3v) is 4.73. The van der Waals surface area contributed by atoms with Gasteiger partial charge in [0.1, 0.15) is 0 Å². The summed E-state index contributed by atoms with van der Waals surface area (Å²) in [6.45, 7) is 6.36. The lowest BCUT2D eigenvalue weighted by atomic mass is 10.1. The molecule has 1 saturated carbocycles. The van der Waals surface area contributed by atoms with Gasteiger partial charge in [-0.15, -0.1) is 0 Å². The Morgan fingerprint density at radius 1 is 1.35 bits per heavy atom. The average Bonchev–Trinajstić information content (AvgIpc) is 3.31. The molecule has 4 heteroatoms. The molecule has 1 aromatic rings. The van der Waals surface area contributed by atoms with Crippen LogP contribution in [0.2, 0.25) is 0 Å². The van der Waals surface area contributed by atoms with Crippen molar-refractivity contribution in [2.24, 2.45) is 5.92 Å². The SMILES string of the molecule is Cc1cccc(CC(=O)N(CC2CC2)CC2CN(C)CCO2)c1. The normalized spacial score (nSPS) is 22.1. The maximum atomic E-state index is 12.8. The molecule has 4 nitrogen and oxygen atoms in total. The number of carbonyl (C=O) groups excluding carboxylic acids is 1. The van der Waals surface area contributed by atoms with Crippen LogP contribution in [-0.2, 0) is 16.0 Å². The predicted molar refractivity (Wildman–Crippen MR) is 91.4 cm³/mol. The first kappa shape index (κ1) is 16.5. The van der Waals surface area contributed by atoms with Gasteiger partial charge in [0.2, 0.25) is 5.91 Å². The maximum Gasteiger partial charge on any atom is 0.227 e. The summed E-state index contributed by atoms with van der Waals surface area (Å²) in [5.41, 5.74) is 2.32. The first-order valence-electron chi connectivity index (χ1n) is 8.73. The maximum absolute atomic E-state index is 12.8. The number of likely N-dealkylation sites (N-methyl/N-ethyl adjacent to an activating group) is 1. The second kappa shape index (κ2) is 7.45. The van der Waals surface area contributed by atoms with E-state index in [1.54, 1.807) is 0 Å². The molecule has 0 aromatic heterocycles. The Balaban J connectivity index is 1.61. The van der Waals surface area contributed by atoms with Gasteiger partial charge >= 0.3 is 0 Å². The van der Waals surface area contributed by atoms with Gasteiger partial charge in [-0.05, 0) is 38.3 Å². The number of benzene rings is 1. The van der Waals surface area contributed by atoms with Crippen LogP contribution in [0.25, 0.3) is 0 Å². The van der Waals surface area contributed by atoms with Crippen molar-refractivity contribution in [3.05, 3.63) is 35.4 Å². The number of hydrogen-bond donors (Lipinski definition) is 0. The first-order valence-corrected chi connectivity index (χ1v) is 8.73. The first-order chi connectivity index (χ1) is 11.1. The molecule has 1 atom stereocenters. The standard InChI is InChI=1S/C19H28N2O2/c1-15-4-3-5-17(10-15)11-19(22)21(12-16-6-7-16)14-18-13-20(2)8-9-23-18/h3-5,10,16,18H,6-9,11-14H2,1-2H3. The van der Waals surface area contributed by atoms with Crippen molar-refractivity contribution in [2.45, 2.75) is 32.3 Å². The minimum Gasteiger partial charge on any atom is -0.374 e. The molecule has 126 valence electrons. The summed E-state index contributed by atoms with van der Waals surface area (Å²) in [6.07, 6.45) is 3.17. The monoisotopic (exact) mass is 316 g/mol. The van der Waals surface area contributed by atoms with Gasteiger partial charge in [-0.2, -0.15) is 0 Å². The lowest BCUT2D eigenvalue weighted by Gasteiger charge is -2.34. The fourth-order valence-corrected chi connectivity index (χ4v) is 3.22. The van der Waals surface area contributed by atoms with Gasteiger partial charge in [-0.1, -0.05) is 29.8 Å². The van der Waals surface area contributed by atoms with Crippen LogP contribution in [-0.4, -0.2) is 61.6 Å². The van der Waals surface area contributed by atoms with Crippen molar-refractivity contribution >= 4 is 5.91 Å². The highest BCUT2D eigenvalue weighted by atomic mass is 16.5. The second-order valence-electron chi connectivity index (χ2n) is 7.16. The van der Waals surface area contributed by atoms with Crippen molar-refractivity contribution in [3.63, 3.8) is 0 Å². The highest BCUT2D eigenvalue weighted by Crippen LogP contribution is 2.30. The summed E-state index contributed by atoms with van der Waals surface area (Å²) in [7, 11) is 2.12. The minimum absolute atomic E-state index is 0.147. The summed E-state index contributed by atoms with van der Waals surface area (Å²) >= 11 is 0. The fourth-order valence-electron chi connectivity index (χ4n) is 3.22. The van der Waals surface area contributed by atoms with Crippen molar-refractivity contribution in [1.82, 2.24) is 9.80 Å². The van der Waals surface area contributed by atoms with E-state index in [0.717, 1.165) is 38.3 Å². The Morgan fingerprint density at radius 3 is 2.87 bits per heavy atom. The lowest BCUT2D eigenvalue weighted by Crippen LogP contribution is -2.48. The molecule has 1 amide bonds. The number of carbonyl (C=O) groups is 1. The molecule has 0 N–H and O–H groups in total. The zero-order valence-corrected chi connectivity index (χ0v) is 14.3. The van der Waals surface area contributed by atoms with E-state index in [2.05, 4.69) is 31.0 Å². The molecule has 1 saturated heterocycles. The highest BCUT2D eigenvalue weighted by molar-refractivity contribution is 5.79. The Kier molecular flexibility index (Phi) is 5.34. The molecule has 2 aliphatic rings. The molecule has 23 heavy (non-hydrogen) atoms. The van der Waals surface area contributed by atoms with Crippen LogP contribution < -0.4 is 0 Å². The van der Waals surface area contributed by atoms with Crippen LogP contribution in [0.3, 0.4) is 0 Å². The third kappa shape index (κ3) is 5.05. The Bertz CT molecular complexity index is 542. The van der Waals surface area contributed by atoms with E-state index in [0.29, 0.717) is 12.3 Å². The molecular weight excluding hydrogens is 288 g/mol. The van der Waals surface area contributed by atoms with Gasteiger partial charge in [0.15, 0.2) is 0 Å². The Labute approximate surface area is 139 Å². The minimum atomic E-state index is 0.147. The molecule has 0 bridgehead atoms. The molecule has 0 spiro atoms. The van der Waals surface area contributed by atoms with Gasteiger partial charge in [0, 0.05) is 26.2 Å². The summed E-state index contributed by atoms with van der Waals surface area (Å²) in [4.78, 5) is 17.1. The van der Waals surface area contributed by atoms with E-state index >= 15 is 0 Å². The van der Waals surface area contributed by atoms with Crippen LogP contribution in [0, 0.1) is 12.8 Å². The summed E-state index contributed by atoms with van der Waals surface area (Å²) in [5.74, 6) is 0.942. The van der Waals surface area contributed by atoms with Gasteiger partial charge in [-0.3, -0.25) is 4.79 Å². The molecule has 1 aliphatic carbocycles. The van der Waals surface area contributed by atoms with Gasteiger partial charge in [0.05, 0.1) is 19.1 Å². The third-order valence-electron chi connectivity index (χ3n) is 4.73. The highest BCUT2D eigenvalue weighted by Gasteiger charge is 2.29. The average molecular weight is 316 g/mol. The van der Waals surface area contributed by atoms with Crippen LogP contribution in [0.5, 0.6) is 0 Å². The molecule has 0 radical (unpaired) electrons. The summed E-state index contributed by atoms with van der Waals surface area (Å²) in [6, 6.07) is 8.26. The molecule has 1 heterocycles. The number of hydrogen-bond acceptors (Lipinski definition) is 3. The summed E-state index contributed by atoms with van der Waals surface area (Å²) in [5, 5.41) is 0. The zero-order chi connectivity index (χ0) is 16.2. The number of nitrogens with zero attached hydrogens (tertiary/aromatic N) is 2. The fraction of sp³-hybridized carbons (Fsp3) is 0.632. The second-order valence-corrected chi connectivity index (χ2v) is 7.16. The lowest BCUT2D eigenvalue weighted by molar-refractivity contribution is -0.134. The quantitative estimate of drug-likeness (QED) is 0.806. The Morgan fingerprint density at radius 2 is 2.17 bits per heavy atom. The van der Waals surface area contributed by atoms with Gasteiger partial charge < -0.3 is 14.5 Å². The smallest absolute Gasteiger partial charge is 0.227 e. The predicted octanol–water partition coefficient (Wildman–Crippen LogP) is 2.11. The number of rotatable bonds is 6. The van der Waals surface area contributed by atoms with E-state index in [-0.39, 0.29) is 12.0 Å². The van der Waals surface area contributed by atoms with Crippen LogP contribution in [0.4, 0.5) is 0 Å². The van der Waals surface area contributed by atoms with Crippen LogP contribution in [0.15, 0.2) is 24.3 Å². The summed E-state index contributed by atoms with van der Waals surface area (Å²) < 4.78 is 5.86. The number of morpholine rings is 1. The Hall–Kier alpha value is -1.39. The van der Waals surface area contributed by atoms with Crippen molar-refractivity contribution in [2.75, 3.05) is 39.8 Å². The number of ether oxygens (including phenoxy) is 1. The number of amides is 1. The molecule has 1 aliphatic heterocycles. The molecular formula is C19H28N2O2. The van der Waals surface area contributed by atoms with Crippen LogP contribution >= 0.6 is 0 Å². The zero-order valence-electron chi connectivity index (χ0n) is 14.3. The van der Waals surface area contributed by atoms with E-state index in [9.17, 15) is 4.79 Å². The van der Waals surface area contributed by atoms with E-state index in [1.807, 2.05) is 17.0 Å². The van der Waals surface area contributed by atoms with Crippen molar-refractivity contribution in [3.8, 4) is 0 Å². The van der Waals surface area contributed by atoms with E-state index < -0.39 is 0 Å². The van der Waals surface area contributed by atoms with E-state index in [4.69, 9.17) is 4.74 Å². The van der Waals surface area contributed by atoms with Gasteiger partial charge in [-0.25, -0.2) is 0 Å². The van der Waals surface area contributed by atoms with Crippen LogP contribution in [0.1, 0.15) is 24.0 Å². The topological polar surface area (TPSA) is 32.8 Å². The van der Waals surface area contributed by atoms with Crippen molar-refractivity contribution < 1.29 is 9.53 Å². The number of aryl methyl sites for hydroxylation is 1. The molecule has 3 rings (SSSR count). The van der Waals surface area contributed by atoms with Gasteiger partial charge in [0.25, 0.3) is 0 Å². The largest absolute Gasteiger partial charge is 0.374 e.